The van der Waals surface area contributed by atoms with Crippen molar-refractivity contribution >= 4 is 0 Å². The predicted molar refractivity (Wildman–Crippen MR) is 65.5 cm³/mol. The van der Waals surface area contributed by atoms with Crippen LogP contribution in [0.3, 0.4) is 0 Å². The summed E-state index contributed by atoms with van der Waals surface area (Å²) in [4.78, 5) is 0. The Bertz CT molecular complexity index is 648. The first kappa shape index (κ1) is 13.0. The maximum absolute atomic E-state index is 12.5. The molecule has 4 heteroatoms. The third-order valence-corrected chi connectivity index (χ3v) is 2.44. The number of phenols is 1. The lowest BCUT2D eigenvalue weighted by molar-refractivity contribution is -0.137. The Balaban J connectivity index is 2.33. The molecule has 0 aromatic heterocycles. The summed E-state index contributed by atoms with van der Waals surface area (Å²) >= 11 is 0. The number of hydrogen-bond donors (Lipinski definition) is 1. The van der Waals surface area contributed by atoms with Gasteiger partial charge in [0.25, 0.3) is 0 Å². The highest BCUT2D eigenvalue weighted by molar-refractivity contribution is 5.49. The van der Waals surface area contributed by atoms with Gasteiger partial charge < -0.3 is 5.11 Å². The first-order valence-electron chi connectivity index (χ1n) is 5.44. The molecule has 0 heterocycles. The van der Waals surface area contributed by atoms with E-state index in [9.17, 15) is 18.3 Å². The van der Waals surface area contributed by atoms with Crippen LogP contribution in [0.1, 0.15) is 16.7 Å². The number of hydrogen-bond acceptors (Lipinski definition) is 1. The van der Waals surface area contributed by atoms with E-state index >= 15 is 0 Å². The van der Waals surface area contributed by atoms with Gasteiger partial charge in [0.2, 0.25) is 0 Å². The number of alkyl halides is 3. The Morgan fingerprint density at radius 1 is 0.895 bits per heavy atom. The van der Waals surface area contributed by atoms with Crippen LogP contribution in [0.2, 0.25) is 0 Å². The summed E-state index contributed by atoms with van der Waals surface area (Å²) < 4.78 is 37.5. The third kappa shape index (κ3) is 3.29. The zero-order valence-corrected chi connectivity index (χ0v) is 9.70. The van der Waals surface area contributed by atoms with Crippen molar-refractivity contribution in [2.75, 3.05) is 0 Å². The van der Waals surface area contributed by atoms with Gasteiger partial charge in [0.1, 0.15) is 5.75 Å². The molecule has 0 bridgehead atoms. The standard InChI is InChI=1S/C15H9F3O/c16-15(17,18)13-6-3-4-11(10-13)8-9-12-5-1-2-7-14(12)19/h1-7,10,19H. The van der Waals surface area contributed by atoms with Gasteiger partial charge in [-0.05, 0) is 30.3 Å². The van der Waals surface area contributed by atoms with E-state index < -0.39 is 11.7 Å². The summed E-state index contributed by atoms with van der Waals surface area (Å²) in [7, 11) is 0. The van der Waals surface area contributed by atoms with E-state index in [1.807, 2.05) is 0 Å². The molecule has 2 aromatic carbocycles. The van der Waals surface area contributed by atoms with E-state index in [-0.39, 0.29) is 11.3 Å². The van der Waals surface area contributed by atoms with Crippen LogP contribution >= 0.6 is 0 Å². The van der Waals surface area contributed by atoms with Gasteiger partial charge in [-0.1, -0.05) is 30.0 Å². The van der Waals surface area contributed by atoms with Gasteiger partial charge in [-0.3, -0.25) is 0 Å². The van der Waals surface area contributed by atoms with Gasteiger partial charge in [-0.2, -0.15) is 13.2 Å². The van der Waals surface area contributed by atoms with E-state index in [0.29, 0.717) is 5.56 Å². The quantitative estimate of drug-likeness (QED) is 0.716. The molecule has 19 heavy (non-hydrogen) atoms. The molecular weight excluding hydrogens is 253 g/mol. The highest BCUT2D eigenvalue weighted by atomic mass is 19.4. The molecule has 0 saturated heterocycles. The average Bonchev–Trinajstić information content (AvgIpc) is 2.37. The number of halogens is 3. The van der Waals surface area contributed by atoms with Gasteiger partial charge in [0.15, 0.2) is 0 Å². The molecule has 0 amide bonds. The topological polar surface area (TPSA) is 20.2 Å². The van der Waals surface area contributed by atoms with Crippen molar-refractivity contribution in [3.8, 4) is 17.6 Å². The van der Waals surface area contributed by atoms with Crippen LogP contribution in [0.5, 0.6) is 5.75 Å². The smallest absolute Gasteiger partial charge is 0.416 e. The van der Waals surface area contributed by atoms with Crippen molar-refractivity contribution in [3.63, 3.8) is 0 Å². The third-order valence-electron chi connectivity index (χ3n) is 2.44. The van der Waals surface area contributed by atoms with E-state index in [0.717, 1.165) is 12.1 Å². The maximum atomic E-state index is 12.5. The Morgan fingerprint density at radius 3 is 2.32 bits per heavy atom. The van der Waals surface area contributed by atoms with Gasteiger partial charge in [0, 0.05) is 5.56 Å². The largest absolute Gasteiger partial charge is 0.507 e. The molecule has 0 fully saturated rings. The molecule has 0 atom stereocenters. The highest BCUT2D eigenvalue weighted by Crippen LogP contribution is 2.29. The van der Waals surface area contributed by atoms with Crippen LogP contribution in [0.15, 0.2) is 48.5 Å². The van der Waals surface area contributed by atoms with Crippen LogP contribution in [-0.4, -0.2) is 5.11 Å². The molecule has 0 saturated carbocycles. The fourth-order valence-electron chi connectivity index (χ4n) is 1.49. The molecule has 0 spiro atoms. The van der Waals surface area contributed by atoms with E-state index in [2.05, 4.69) is 11.8 Å². The minimum atomic E-state index is -4.38. The monoisotopic (exact) mass is 262 g/mol. The molecule has 2 aromatic rings. The Morgan fingerprint density at radius 2 is 1.63 bits per heavy atom. The fourth-order valence-corrected chi connectivity index (χ4v) is 1.49. The average molecular weight is 262 g/mol. The van der Waals surface area contributed by atoms with Crippen molar-refractivity contribution in [2.45, 2.75) is 6.18 Å². The second-order valence-corrected chi connectivity index (χ2v) is 3.85. The van der Waals surface area contributed by atoms with Gasteiger partial charge in [0.05, 0.1) is 11.1 Å². The minimum absolute atomic E-state index is 0.00183. The van der Waals surface area contributed by atoms with Crippen molar-refractivity contribution in [3.05, 3.63) is 65.2 Å². The lowest BCUT2D eigenvalue weighted by atomic mass is 10.1. The normalized spacial score (nSPS) is 10.7. The summed E-state index contributed by atoms with van der Waals surface area (Å²) in [6.07, 6.45) is -4.38. The van der Waals surface area contributed by atoms with Gasteiger partial charge in [-0.25, -0.2) is 0 Å². The number of rotatable bonds is 0. The summed E-state index contributed by atoms with van der Waals surface area (Å²) in [5.41, 5.74) is -0.116. The second kappa shape index (κ2) is 5.07. The Hall–Kier alpha value is -2.41. The molecule has 1 nitrogen and oxygen atoms in total. The Kier molecular flexibility index (Phi) is 3.48. The first-order chi connectivity index (χ1) is 8.97. The molecule has 1 N–H and O–H groups in total. The summed E-state index contributed by atoms with van der Waals surface area (Å²) in [6.45, 7) is 0. The van der Waals surface area contributed by atoms with Crippen molar-refractivity contribution in [1.29, 1.82) is 0 Å². The van der Waals surface area contributed by atoms with Crippen LogP contribution < -0.4 is 0 Å². The van der Waals surface area contributed by atoms with Gasteiger partial charge in [-0.15, -0.1) is 0 Å². The van der Waals surface area contributed by atoms with Crippen molar-refractivity contribution < 1.29 is 18.3 Å². The van der Waals surface area contributed by atoms with E-state index in [4.69, 9.17) is 0 Å². The van der Waals surface area contributed by atoms with Crippen molar-refractivity contribution in [1.82, 2.24) is 0 Å². The maximum Gasteiger partial charge on any atom is 0.416 e. The summed E-state index contributed by atoms with van der Waals surface area (Å²) in [5, 5.41) is 9.49. The number of phenolic OH excluding ortho intramolecular Hbond substituents is 1. The number of para-hydroxylation sites is 1. The molecule has 0 aliphatic carbocycles. The lowest BCUT2D eigenvalue weighted by Crippen LogP contribution is -2.04. The minimum Gasteiger partial charge on any atom is -0.507 e. The molecule has 0 aliphatic heterocycles. The SMILES string of the molecule is Oc1ccccc1C#Cc1cccc(C(F)(F)F)c1. The Labute approximate surface area is 108 Å². The molecular formula is C15H9F3O. The highest BCUT2D eigenvalue weighted by Gasteiger charge is 2.30. The van der Waals surface area contributed by atoms with Gasteiger partial charge >= 0.3 is 6.18 Å². The molecule has 0 aliphatic rings. The molecule has 2 rings (SSSR count). The second-order valence-electron chi connectivity index (χ2n) is 3.85. The number of benzene rings is 2. The van der Waals surface area contributed by atoms with E-state index in [1.54, 1.807) is 18.2 Å². The fraction of sp³-hybridized carbons (Fsp3) is 0.0667. The van der Waals surface area contributed by atoms with Crippen LogP contribution in [-0.2, 0) is 6.18 Å². The number of aromatic hydroxyl groups is 1. The summed E-state index contributed by atoms with van der Waals surface area (Å²) in [5.74, 6) is 5.25. The summed E-state index contributed by atoms with van der Waals surface area (Å²) in [6, 6.07) is 11.2. The van der Waals surface area contributed by atoms with Crippen molar-refractivity contribution in [2.24, 2.45) is 0 Å². The van der Waals surface area contributed by atoms with E-state index in [1.165, 1.54) is 18.2 Å². The van der Waals surface area contributed by atoms with Crippen LogP contribution in [0.25, 0.3) is 0 Å². The van der Waals surface area contributed by atoms with Crippen LogP contribution in [0, 0.1) is 11.8 Å². The zero-order valence-electron chi connectivity index (χ0n) is 9.70. The molecule has 96 valence electrons. The van der Waals surface area contributed by atoms with Crippen LogP contribution in [0.4, 0.5) is 13.2 Å². The zero-order chi connectivity index (χ0) is 13.9. The predicted octanol–water partition coefficient (Wildman–Crippen LogP) is 3.81. The lowest BCUT2D eigenvalue weighted by Gasteiger charge is -2.05. The molecule has 0 radical (unpaired) electrons. The first-order valence-corrected chi connectivity index (χ1v) is 5.44. The molecule has 0 unspecified atom stereocenters.